The van der Waals surface area contributed by atoms with E-state index in [1.165, 1.54) is 12.1 Å². The second-order valence-electron chi connectivity index (χ2n) is 3.83. The fourth-order valence-corrected chi connectivity index (χ4v) is 1.29. The summed E-state index contributed by atoms with van der Waals surface area (Å²) in [6.07, 6.45) is 0.297. The van der Waals surface area contributed by atoms with E-state index in [4.69, 9.17) is 5.26 Å². The Balaban J connectivity index is 3.03. The molecule has 0 aliphatic heterocycles. The third-order valence-electron chi connectivity index (χ3n) is 1.99. The van der Waals surface area contributed by atoms with Gasteiger partial charge in [0.25, 0.3) is 0 Å². The van der Waals surface area contributed by atoms with Crippen molar-refractivity contribution >= 4 is 5.78 Å². The summed E-state index contributed by atoms with van der Waals surface area (Å²) in [5.74, 6) is -0.623. The Kier molecular flexibility index (Phi) is 3.56. The van der Waals surface area contributed by atoms with Crippen molar-refractivity contribution in [1.82, 2.24) is 0 Å². The zero-order chi connectivity index (χ0) is 11.4. The largest absolute Gasteiger partial charge is 0.294 e. The van der Waals surface area contributed by atoms with Crippen LogP contribution in [0.2, 0.25) is 0 Å². The number of hydrogen-bond donors (Lipinski definition) is 0. The molecule has 0 amide bonds. The molecule has 0 spiro atoms. The van der Waals surface area contributed by atoms with E-state index in [9.17, 15) is 9.18 Å². The number of carbonyl (C=O) groups excluding carboxylic acids is 1. The summed E-state index contributed by atoms with van der Waals surface area (Å²) in [6.45, 7) is 3.79. The van der Waals surface area contributed by atoms with Gasteiger partial charge < -0.3 is 0 Å². The van der Waals surface area contributed by atoms with Crippen molar-refractivity contribution in [2.24, 2.45) is 5.92 Å². The van der Waals surface area contributed by atoms with Gasteiger partial charge in [0.05, 0.1) is 17.2 Å². The number of ketones is 1. The van der Waals surface area contributed by atoms with Crippen LogP contribution in [-0.4, -0.2) is 5.78 Å². The van der Waals surface area contributed by atoms with Gasteiger partial charge in [0.2, 0.25) is 0 Å². The van der Waals surface area contributed by atoms with Crippen LogP contribution in [0.25, 0.3) is 0 Å². The summed E-state index contributed by atoms with van der Waals surface area (Å²) in [5.41, 5.74) is 0.325. The molecule has 78 valence electrons. The Morgan fingerprint density at radius 2 is 2.20 bits per heavy atom. The third-order valence-corrected chi connectivity index (χ3v) is 1.99. The first-order valence-corrected chi connectivity index (χ1v) is 4.77. The molecule has 3 heteroatoms. The van der Waals surface area contributed by atoms with Crippen LogP contribution in [0.3, 0.4) is 0 Å². The van der Waals surface area contributed by atoms with E-state index in [1.54, 1.807) is 0 Å². The summed E-state index contributed by atoms with van der Waals surface area (Å²) in [5, 5.41) is 8.63. The monoisotopic (exact) mass is 205 g/mol. The minimum atomic E-state index is -0.556. The maximum absolute atomic E-state index is 13.3. The fraction of sp³-hybridized carbons (Fsp3) is 0.333. The number of hydrogen-bond acceptors (Lipinski definition) is 2. The molecule has 0 heterocycles. The molecule has 2 nitrogen and oxygen atoms in total. The van der Waals surface area contributed by atoms with Crippen molar-refractivity contribution in [3.63, 3.8) is 0 Å². The van der Waals surface area contributed by atoms with E-state index in [0.29, 0.717) is 12.0 Å². The number of carbonyl (C=O) groups is 1. The topological polar surface area (TPSA) is 40.9 Å². The van der Waals surface area contributed by atoms with Crippen molar-refractivity contribution in [3.8, 4) is 6.07 Å². The van der Waals surface area contributed by atoms with Crippen LogP contribution in [0, 0.1) is 23.1 Å². The lowest BCUT2D eigenvalue weighted by Gasteiger charge is -2.05. The first-order valence-electron chi connectivity index (χ1n) is 4.77. The molecule has 1 rings (SSSR count). The molecule has 15 heavy (non-hydrogen) atoms. The smallest absolute Gasteiger partial charge is 0.166 e. The Labute approximate surface area is 88.3 Å². The predicted molar refractivity (Wildman–Crippen MR) is 54.9 cm³/mol. The molecular weight excluding hydrogens is 193 g/mol. The van der Waals surface area contributed by atoms with E-state index in [2.05, 4.69) is 0 Å². The first kappa shape index (κ1) is 11.4. The maximum atomic E-state index is 13.3. The van der Waals surface area contributed by atoms with Gasteiger partial charge in [0.1, 0.15) is 5.82 Å². The van der Waals surface area contributed by atoms with Crippen LogP contribution in [0.15, 0.2) is 18.2 Å². The van der Waals surface area contributed by atoms with Crippen LogP contribution in [0.4, 0.5) is 4.39 Å². The Morgan fingerprint density at radius 1 is 1.53 bits per heavy atom. The van der Waals surface area contributed by atoms with Crippen LogP contribution in [0.1, 0.15) is 36.2 Å². The summed E-state index contributed by atoms with van der Waals surface area (Å²) in [6, 6.07) is 5.71. The molecule has 0 bridgehead atoms. The van der Waals surface area contributed by atoms with Gasteiger partial charge >= 0.3 is 0 Å². The number of nitrogens with zero attached hydrogens (tertiary/aromatic N) is 1. The number of halogens is 1. The normalized spacial score (nSPS) is 10.1. The number of nitriles is 1. The molecular formula is C12H12FNO. The lowest BCUT2D eigenvalue weighted by atomic mass is 9.99. The Bertz CT molecular complexity index is 418. The molecule has 1 aromatic carbocycles. The van der Waals surface area contributed by atoms with Crippen molar-refractivity contribution < 1.29 is 9.18 Å². The molecule has 0 aromatic heterocycles. The summed E-state index contributed by atoms with van der Waals surface area (Å²) in [4.78, 5) is 11.6. The highest BCUT2D eigenvalue weighted by Gasteiger charge is 2.13. The first-order chi connectivity index (χ1) is 7.04. The molecule has 0 unspecified atom stereocenters. The van der Waals surface area contributed by atoms with E-state index >= 15 is 0 Å². The maximum Gasteiger partial charge on any atom is 0.166 e. The molecule has 0 aliphatic carbocycles. The van der Waals surface area contributed by atoms with Gasteiger partial charge in [0, 0.05) is 6.42 Å². The third kappa shape index (κ3) is 2.88. The van der Waals surface area contributed by atoms with Gasteiger partial charge in [-0.25, -0.2) is 4.39 Å². The van der Waals surface area contributed by atoms with E-state index in [-0.39, 0.29) is 17.3 Å². The van der Waals surface area contributed by atoms with Crippen LogP contribution < -0.4 is 0 Å². The van der Waals surface area contributed by atoms with Crippen LogP contribution in [-0.2, 0) is 0 Å². The average molecular weight is 205 g/mol. The molecule has 0 radical (unpaired) electrons. The minimum absolute atomic E-state index is 0.0164. The van der Waals surface area contributed by atoms with Gasteiger partial charge in [-0.3, -0.25) is 4.79 Å². The van der Waals surface area contributed by atoms with Crippen molar-refractivity contribution in [2.45, 2.75) is 20.3 Å². The van der Waals surface area contributed by atoms with Crippen LogP contribution in [0.5, 0.6) is 0 Å². The lowest BCUT2D eigenvalue weighted by molar-refractivity contribution is 0.0964. The van der Waals surface area contributed by atoms with E-state index in [0.717, 1.165) is 6.07 Å². The second kappa shape index (κ2) is 4.70. The molecule has 0 fully saturated rings. The average Bonchev–Trinajstić information content (AvgIpc) is 2.17. The number of Topliss-reactive ketones (excluding diaryl/α,β-unsaturated/α-hetero) is 1. The van der Waals surface area contributed by atoms with E-state index < -0.39 is 5.82 Å². The number of benzene rings is 1. The lowest BCUT2D eigenvalue weighted by Crippen LogP contribution is -2.06. The van der Waals surface area contributed by atoms with Gasteiger partial charge in [0.15, 0.2) is 5.78 Å². The Morgan fingerprint density at radius 3 is 2.73 bits per heavy atom. The fourth-order valence-electron chi connectivity index (χ4n) is 1.29. The van der Waals surface area contributed by atoms with E-state index in [1.807, 2.05) is 19.9 Å². The second-order valence-corrected chi connectivity index (χ2v) is 3.83. The minimum Gasteiger partial charge on any atom is -0.294 e. The van der Waals surface area contributed by atoms with Crippen LogP contribution >= 0.6 is 0 Å². The summed E-state index contributed by atoms with van der Waals surface area (Å²) < 4.78 is 13.3. The SMILES string of the molecule is CC(C)CC(=O)c1cc(C#N)ccc1F. The van der Waals surface area contributed by atoms with Gasteiger partial charge in [-0.15, -0.1) is 0 Å². The highest BCUT2D eigenvalue weighted by molar-refractivity contribution is 5.96. The predicted octanol–water partition coefficient (Wildman–Crippen LogP) is 2.93. The highest BCUT2D eigenvalue weighted by atomic mass is 19.1. The standard InChI is InChI=1S/C12H12FNO/c1-8(2)5-12(15)10-6-9(7-14)3-4-11(10)13/h3-4,6,8H,5H2,1-2H3. The van der Waals surface area contributed by atoms with Gasteiger partial charge in [-0.05, 0) is 24.1 Å². The molecule has 0 atom stereocenters. The molecule has 0 aliphatic rings. The van der Waals surface area contributed by atoms with Gasteiger partial charge in [-0.1, -0.05) is 13.8 Å². The summed E-state index contributed by atoms with van der Waals surface area (Å²) in [7, 11) is 0. The van der Waals surface area contributed by atoms with Crippen molar-refractivity contribution in [3.05, 3.63) is 35.1 Å². The quantitative estimate of drug-likeness (QED) is 0.712. The summed E-state index contributed by atoms with van der Waals surface area (Å²) >= 11 is 0. The Hall–Kier alpha value is -1.69. The highest BCUT2D eigenvalue weighted by Crippen LogP contribution is 2.14. The van der Waals surface area contributed by atoms with Crippen molar-refractivity contribution in [2.75, 3.05) is 0 Å². The van der Waals surface area contributed by atoms with Gasteiger partial charge in [-0.2, -0.15) is 5.26 Å². The van der Waals surface area contributed by atoms with Crippen molar-refractivity contribution in [1.29, 1.82) is 5.26 Å². The molecule has 1 aromatic rings. The zero-order valence-corrected chi connectivity index (χ0v) is 8.75. The zero-order valence-electron chi connectivity index (χ0n) is 8.75. The molecule has 0 saturated carbocycles. The molecule has 0 N–H and O–H groups in total. The number of rotatable bonds is 3. The molecule has 0 saturated heterocycles.